The highest BCUT2D eigenvalue weighted by Crippen LogP contribution is 2.34. The van der Waals surface area contributed by atoms with Gasteiger partial charge in [-0.3, -0.25) is 4.79 Å². The Bertz CT molecular complexity index is 1950. The van der Waals surface area contributed by atoms with Crippen LogP contribution in [0.25, 0.3) is 44.0 Å². The maximum Gasteiger partial charge on any atom is 0.339 e. The molecule has 0 aliphatic rings. The first-order valence-electron chi connectivity index (χ1n) is 13.0. The predicted molar refractivity (Wildman–Crippen MR) is 152 cm³/mol. The summed E-state index contributed by atoms with van der Waals surface area (Å²) < 4.78 is 11.4. The number of rotatable bonds is 8. The molecule has 0 spiro atoms. The van der Waals surface area contributed by atoms with Gasteiger partial charge in [0.15, 0.2) is 0 Å². The maximum atomic E-state index is 12.9. The number of aliphatic carboxylic acids is 1. The number of carbonyl (C=O) groups excluding carboxylic acids is 1. The van der Waals surface area contributed by atoms with Crippen molar-refractivity contribution in [3.05, 3.63) is 106 Å². The van der Waals surface area contributed by atoms with Crippen LogP contribution in [0.1, 0.15) is 23.1 Å². The molecule has 3 aromatic carbocycles. The van der Waals surface area contributed by atoms with Gasteiger partial charge in [-0.2, -0.15) is 0 Å². The summed E-state index contributed by atoms with van der Waals surface area (Å²) >= 11 is 0. The third-order valence-corrected chi connectivity index (χ3v) is 7.40. The van der Waals surface area contributed by atoms with Gasteiger partial charge < -0.3 is 24.2 Å². The fourth-order valence-corrected chi connectivity index (χ4v) is 5.27. The zero-order chi connectivity index (χ0) is 27.8. The average molecular weight is 535 g/mol. The van der Waals surface area contributed by atoms with Crippen LogP contribution in [0.15, 0.2) is 92.8 Å². The maximum absolute atomic E-state index is 12.9. The Morgan fingerprint density at radius 3 is 2.55 bits per heavy atom. The van der Waals surface area contributed by atoms with E-state index >= 15 is 0 Å². The number of nitrogens with one attached hydrogen (secondary N) is 2. The molecule has 3 N–H and O–H groups in total. The van der Waals surface area contributed by atoms with Gasteiger partial charge in [0, 0.05) is 57.9 Å². The first kappa shape index (κ1) is 25.2. The Balaban J connectivity index is 1.23. The Labute approximate surface area is 228 Å². The number of amides is 1. The van der Waals surface area contributed by atoms with Crippen molar-refractivity contribution in [1.29, 1.82) is 0 Å². The van der Waals surface area contributed by atoms with Crippen LogP contribution in [0.2, 0.25) is 0 Å². The monoisotopic (exact) mass is 534 g/mol. The summed E-state index contributed by atoms with van der Waals surface area (Å²) in [5.41, 5.74) is 5.22. The molecule has 3 aromatic heterocycles. The minimum Gasteiger partial charge on any atom is -0.480 e. The summed E-state index contributed by atoms with van der Waals surface area (Å²) in [5, 5.41) is 14.9. The van der Waals surface area contributed by atoms with Crippen molar-refractivity contribution in [3.63, 3.8) is 0 Å². The average Bonchev–Trinajstić information content (AvgIpc) is 3.56. The van der Waals surface area contributed by atoms with Crippen molar-refractivity contribution in [1.82, 2.24) is 10.3 Å². The number of benzene rings is 3. The largest absolute Gasteiger partial charge is 0.480 e. The van der Waals surface area contributed by atoms with Crippen LogP contribution in [0.4, 0.5) is 0 Å². The summed E-state index contributed by atoms with van der Waals surface area (Å²) in [5.74, 6) is -1.58. The number of hydrogen-bond acceptors (Lipinski definition) is 5. The fourth-order valence-electron chi connectivity index (χ4n) is 5.27. The minimum atomic E-state index is -1.13. The second-order valence-corrected chi connectivity index (χ2v) is 9.87. The van der Waals surface area contributed by atoms with Gasteiger partial charge in [0.05, 0.1) is 6.26 Å². The molecule has 0 saturated heterocycles. The van der Waals surface area contributed by atoms with Gasteiger partial charge in [-0.05, 0) is 42.2 Å². The number of furan rings is 1. The van der Waals surface area contributed by atoms with Crippen molar-refractivity contribution in [3.8, 4) is 11.1 Å². The first-order chi connectivity index (χ1) is 19.4. The van der Waals surface area contributed by atoms with Crippen molar-refractivity contribution in [2.75, 3.05) is 0 Å². The van der Waals surface area contributed by atoms with Crippen LogP contribution in [0.3, 0.4) is 0 Å². The van der Waals surface area contributed by atoms with Gasteiger partial charge in [-0.1, -0.05) is 48.5 Å². The topological polar surface area (TPSA) is 126 Å². The highest BCUT2D eigenvalue weighted by Gasteiger charge is 2.23. The van der Waals surface area contributed by atoms with Crippen molar-refractivity contribution in [2.45, 2.75) is 32.2 Å². The van der Waals surface area contributed by atoms with Gasteiger partial charge in [0.2, 0.25) is 5.91 Å². The highest BCUT2D eigenvalue weighted by atomic mass is 16.4. The number of carbonyl (C=O) groups is 2. The number of aromatic amines is 1. The molecule has 200 valence electrons. The lowest BCUT2D eigenvalue weighted by Gasteiger charge is -2.14. The third-order valence-electron chi connectivity index (χ3n) is 7.40. The quantitative estimate of drug-likeness (QED) is 0.214. The molecule has 6 rings (SSSR count). The molecule has 0 saturated carbocycles. The predicted octanol–water partition coefficient (Wildman–Crippen LogP) is 5.74. The molecule has 0 bridgehead atoms. The van der Waals surface area contributed by atoms with Crippen LogP contribution >= 0.6 is 0 Å². The fraction of sp³-hybridized carbons (Fsp3) is 0.156. The molecule has 8 nitrogen and oxygen atoms in total. The zero-order valence-electron chi connectivity index (χ0n) is 21.7. The van der Waals surface area contributed by atoms with E-state index in [0.717, 1.165) is 43.9 Å². The molecule has 0 radical (unpaired) electrons. The van der Waals surface area contributed by atoms with Gasteiger partial charge in [-0.25, -0.2) is 9.59 Å². The van der Waals surface area contributed by atoms with E-state index in [1.807, 2.05) is 67.6 Å². The zero-order valence-corrected chi connectivity index (χ0v) is 21.7. The standard InChI is InChI=1S/C32H26N2O6/c1-18-21(11-12-30(35)34-27(31(36)37)13-20-16-33-26-10-6-5-9-22(20)26)32(38)40-29-15-28-24(14-23(18)29)25(17-39-28)19-7-3-2-4-8-19/h2-10,14-17,27,33H,11-13H2,1H3,(H,34,35)(H,36,37)/t27-/m0/s1. The van der Waals surface area contributed by atoms with E-state index in [1.165, 1.54) is 0 Å². The Morgan fingerprint density at radius 1 is 0.975 bits per heavy atom. The van der Waals surface area contributed by atoms with Crippen LogP contribution in [0.5, 0.6) is 0 Å². The van der Waals surface area contributed by atoms with Crippen LogP contribution in [-0.2, 0) is 22.4 Å². The number of carboxylic acids is 1. The molecule has 0 fully saturated rings. The van der Waals surface area contributed by atoms with Crippen LogP contribution in [0, 0.1) is 6.92 Å². The van der Waals surface area contributed by atoms with E-state index < -0.39 is 23.5 Å². The number of aryl methyl sites for hydroxylation is 1. The van der Waals surface area contributed by atoms with Crippen molar-refractivity contribution >= 4 is 44.7 Å². The van der Waals surface area contributed by atoms with E-state index in [-0.39, 0.29) is 19.3 Å². The molecule has 6 aromatic rings. The van der Waals surface area contributed by atoms with Crippen LogP contribution in [-0.4, -0.2) is 28.0 Å². The summed E-state index contributed by atoms with van der Waals surface area (Å²) in [6, 6.07) is 20.0. The normalized spacial score (nSPS) is 12.2. The van der Waals surface area contributed by atoms with E-state index in [0.29, 0.717) is 16.7 Å². The Kier molecular flexibility index (Phi) is 6.43. The van der Waals surface area contributed by atoms with E-state index in [2.05, 4.69) is 10.3 Å². The lowest BCUT2D eigenvalue weighted by atomic mass is 9.98. The SMILES string of the molecule is Cc1c(CCC(=O)N[C@@H](Cc2c[nH]c3ccccc23)C(=O)O)c(=O)oc2cc3occ(-c4ccccc4)c3cc12. The lowest BCUT2D eigenvalue weighted by molar-refractivity contribution is -0.141. The smallest absolute Gasteiger partial charge is 0.339 e. The molecule has 1 amide bonds. The second kappa shape index (κ2) is 10.2. The molecule has 3 heterocycles. The van der Waals surface area contributed by atoms with Gasteiger partial charge in [0.1, 0.15) is 17.2 Å². The van der Waals surface area contributed by atoms with E-state index in [1.54, 1.807) is 18.5 Å². The summed E-state index contributed by atoms with van der Waals surface area (Å²) in [6.45, 7) is 1.83. The molecule has 0 aliphatic carbocycles. The molecule has 0 unspecified atom stereocenters. The molecule has 1 atom stereocenters. The Morgan fingerprint density at radius 2 is 1.75 bits per heavy atom. The molecule has 8 heteroatoms. The summed E-state index contributed by atoms with van der Waals surface area (Å²) in [4.78, 5) is 40.8. The first-order valence-corrected chi connectivity index (χ1v) is 13.0. The molecular formula is C32H26N2O6. The van der Waals surface area contributed by atoms with Crippen LogP contribution < -0.4 is 10.9 Å². The summed E-state index contributed by atoms with van der Waals surface area (Å²) in [6.07, 6.45) is 3.64. The van der Waals surface area contributed by atoms with E-state index in [4.69, 9.17) is 8.83 Å². The van der Waals surface area contributed by atoms with Gasteiger partial charge in [-0.15, -0.1) is 0 Å². The number of H-pyrrole nitrogens is 1. The number of para-hydroxylation sites is 1. The van der Waals surface area contributed by atoms with Crippen molar-refractivity contribution < 1.29 is 23.5 Å². The van der Waals surface area contributed by atoms with Gasteiger partial charge in [0.25, 0.3) is 0 Å². The molecular weight excluding hydrogens is 508 g/mol. The molecule has 0 aliphatic heterocycles. The highest BCUT2D eigenvalue weighted by molar-refractivity contribution is 6.02. The number of carboxylic acid groups (broad SMARTS) is 1. The Hall–Kier alpha value is -5.11. The third kappa shape index (κ3) is 4.64. The number of hydrogen-bond donors (Lipinski definition) is 3. The molecule has 40 heavy (non-hydrogen) atoms. The van der Waals surface area contributed by atoms with Crippen molar-refractivity contribution in [2.24, 2.45) is 0 Å². The second-order valence-electron chi connectivity index (χ2n) is 9.87. The number of aromatic nitrogens is 1. The van der Waals surface area contributed by atoms with Gasteiger partial charge >= 0.3 is 11.6 Å². The summed E-state index contributed by atoms with van der Waals surface area (Å²) in [7, 11) is 0. The van der Waals surface area contributed by atoms with E-state index in [9.17, 15) is 19.5 Å². The lowest BCUT2D eigenvalue weighted by Crippen LogP contribution is -2.42. The number of fused-ring (bicyclic) bond motifs is 3. The minimum absolute atomic E-state index is 0.0575.